The number of amides is 1. The van der Waals surface area contributed by atoms with Crippen LogP contribution in [0, 0.1) is 20.8 Å². The monoisotopic (exact) mass is 491 g/mol. The molecule has 4 rings (SSSR count). The Kier molecular flexibility index (Phi) is 7.66. The average Bonchev–Trinajstić information content (AvgIpc) is 3.27. The lowest BCUT2D eigenvalue weighted by atomic mass is 10.0. The van der Waals surface area contributed by atoms with Gasteiger partial charge in [-0.3, -0.25) is 14.5 Å². The van der Waals surface area contributed by atoms with Crippen molar-refractivity contribution in [2.45, 2.75) is 47.2 Å². The number of H-pyrrole nitrogens is 1. The topological polar surface area (TPSA) is 90.9 Å². The van der Waals surface area contributed by atoms with Gasteiger partial charge in [0, 0.05) is 77.7 Å². The molecule has 1 fully saturated rings. The summed E-state index contributed by atoms with van der Waals surface area (Å²) in [6.07, 6.45) is 2.09. The highest BCUT2D eigenvalue weighted by Crippen LogP contribution is 2.30. The zero-order valence-electron chi connectivity index (χ0n) is 22.0. The summed E-state index contributed by atoms with van der Waals surface area (Å²) in [5.41, 5.74) is 7.44. The van der Waals surface area contributed by atoms with Gasteiger partial charge in [-0.25, -0.2) is 0 Å². The number of aryl methyl sites for hydroxylation is 2. The maximum Gasteiger partial charge on any atom is 0.253 e. The lowest BCUT2D eigenvalue weighted by Gasteiger charge is -2.34. The van der Waals surface area contributed by atoms with Crippen molar-refractivity contribution in [3.63, 3.8) is 0 Å². The van der Waals surface area contributed by atoms with Crippen molar-refractivity contribution in [2.75, 3.05) is 32.8 Å². The van der Waals surface area contributed by atoms with E-state index in [1.165, 1.54) is 0 Å². The Morgan fingerprint density at radius 1 is 1.17 bits per heavy atom. The van der Waals surface area contributed by atoms with Crippen LogP contribution in [0.4, 0.5) is 0 Å². The maximum absolute atomic E-state index is 13.5. The number of hydrogen-bond donors (Lipinski definition) is 3. The highest BCUT2D eigenvalue weighted by Gasteiger charge is 2.26. The predicted octanol–water partition coefficient (Wildman–Crippen LogP) is 3.46. The van der Waals surface area contributed by atoms with Crippen LogP contribution in [0.1, 0.15) is 63.9 Å². The molecule has 36 heavy (non-hydrogen) atoms. The Hall–Kier alpha value is -3.36. The van der Waals surface area contributed by atoms with E-state index in [-0.39, 0.29) is 24.1 Å². The molecule has 0 radical (unpaired) electrons. The number of rotatable bonds is 8. The molecule has 0 bridgehead atoms. The van der Waals surface area contributed by atoms with Crippen LogP contribution in [-0.4, -0.2) is 53.0 Å². The molecular weight excluding hydrogens is 454 g/mol. The van der Waals surface area contributed by atoms with Crippen molar-refractivity contribution in [3.05, 3.63) is 80.5 Å². The first-order chi connectivity index (χ1) is 17.2. The van der Waals surface area contributed by atoms with Gasteiger partial charge in [-0.05, 0) is 63.9 Å². The molecule has 0 saturated carbocycles. The van der Waals surface area contributed by atoms with Gasteiger partial charge in [-0.15, -0.1) is 0 Å². The third-order valence-corrected chi connectivity index (χ3v) is 7.08. The molecule has 0 aromatic carbocycles. The van der Waals surface area contributed by atoms with Crippen molar-refractivity contribution in [1.82, 2.24) is 24.9 Å². The van der Waals surface area contributed by atoms with E-state index in [1.54, 1.807) is 0 Å². The Labute approximate surface area is 212 Å². The van der Waals surface area contributed by atoms with Crippen LogP contribution in [-0.2, 0) is 11.3 Å². The van der Waals surface area contributed by atoms with Gasteiger partial charge in [0.05, 0.1) is 13.2 Å². The maximum atomic E-state index is 13.5. The second-order valence-corrected chi connectivity index (χ2v) is 9.55. The van der Waals surface area contributed by atoms with Gasteiger partial charge in [0.2, 0.25) is 0 Å². The van der Waals surface area contributed by atoms with Crippen LogP contribution in [0.5, 0.6) is 0 Å². The molecule has 8 heteroatoms. The van der Waals surface area contributed by atoms with Crippen LogP contribution in [0.25, 0.3) is 11.2 Å². The lowest BCUT2D eigenvalue weighted by molar-refractivity contribution is 0.0187. The largest absolute Gasteiger partial charge is 0.385 e. The van der Waals surface area contributed by atoms with Gasteiger partial charge in [-0.2, -0.15) is 0 Å². The van der Waals surface area contributed by atoms with Gasteiger partial charge < -0.3 is 24.8 Å². The van der Waals surface area contributed by atoms with E-state index in [4.69, 9.17) is 4.74 Å². The molecule has 0 aliphatic carbocycles. The van der Waals surface area contributed by atoms with Gasteiger partial charge >= 0.3 is 0 Å². The van der Waals surface area contributed by atoms with Crippen LogP contribution in [0.2, 0.25) is 0 Å². The van der Waals surface area contributed by atoms with Crippen molar-refractivity contribution in [2.24, 2.45) is 0 Å². The zero-order chi connectivity index (χ0) is 26.0. The average molecular weight is 492 g/mol. The molecule has 1 atom stereocenters. The van der Waals surface area contributed by atoms with Gasteiger partial charge in [0.25, 0.3) is 11.5 Å². The molecule has 1 amide bonds. The van der Waals surface area contributed by atoms with E-state index < -0.39 is 0 Å². The molecule has 3 aromatic rings. The Balaban J connectivity index is 1.74. The van der Waals surface area contributed by atoms with Gasteiger partial charge in [-0.1, -0.05) is 6.58 Å². The number of carbonyl (C=O) groups excluding carboxylic acids is 1. The third-order valence-electron chi connectivity index (χ3n) is 7.08. The van der Waals surface area contributed by atoms with E-state index in [0.717, 1.165) is 58.9 Å². The standard InChI is InChI=1S/C28H37N5O3/c1-7-29-20(5)22-13-23-14-24(27(34)30-15-25-17(2)12-18(3)31-28(25)35)19(4)26(33(23)16-22)21(6)32-8-10-36-11-9-32/h12-14,16,21,29H,5,7-11,15H2,1-4,6H3,(H,30,34)(H,31,35). The molecular formula is C28H37N5O3. The first-order valence-corrected chi connectivity index (χ1v) is 12.6. The number of hydrogen-bond acceptors (Lipinski definition) is 5. The Morgan fingerprint density at radius 2 is 1.89 bits per heavy atom. The van der Waals surface area contributed by atoms with Crippen LogP contribution >= 0.6 is 0 Å². The molecule has 1 saturated heterocycles. The SMILES string of the molecule is C=C(NCC)c1cc2cc(C(=O)NCc3c(C)cc(C)[nH]c3=O)c(C)c(C(C)N3CCOCC3)n2c1. The fourth-order valence-corrected chi connectivity index (χ4v) is 5.11. The fourth-order valence-electron chi connectivity index (χ4n) is 5.11. The summed E-state index contributed by atoms with van der Waals surface area (Å²) in [6.45, 7) is 18.2. The van der Waals surface area contributed by atoms with Crippen molar-refractivity contribution in [1.29, 1.82) is 0 Å². The second kappa shape index (κ2) is 10.7. The summed E-state index contributed by atoms with van der Waals surface area (Å²) in [7, 11) is 0. The molecule has 4 heterocycles. The molecule has 0 spiro atoms. The Bertz CT molecular complexity index is 1350. The summed E-state index contributed by atoms with van der Waals surface area (Å²) in [5.74, 6) is -0.196. The number of fused-ring (bicyclic) bond motifs is 1. The summed E-state index contributed by atoms with van der Waals surface area (Å²) in [4.78, 5) is 31.1. The summed E-state index contributed by atoms with van der Waals surface area (Å²) in [6, 6.07) is 5.99. The Morgan fingerprint density at radius 3 is 2.56 bits per heavy atom. The molecule has 8 nitrogen and oxygen atoms in total. The number of carbonyl (C=O) groups is 1. The van der Waals surface area contributed by atoms with Gasteiger partial charge in [0.15, 0.2) is 0 Å². The quantitative estimate of drug-likeness (QED) is 0.449. The minimum absolute atomic E-state index is 0.0824. The number of nitrogens with zero attached hydrogens (tertiary/aromatic N) is 2. The zero-order valence-corrected chi connectivity index (χ0v) is 22.0. The van der Waals surface area contributed by atoms with Crippen LogP contribution in [0.15, 0.2) is 35.8 Å². The first-order valence-electron chi connectivity index (χ1n) is 12.6. The molecule has 1 unspecified atom stereocenters. The third kappa shape index (κ3) is 5.10. The number of morpholine rings is 1. The first kappa shape index (κ1) is 25.7. The molecule has 1 aliphatic heterocycles. The highest BCUT2D eigenvalue weighted by molar-refractivity contribution is 5.97. The molecule has 192 valence electrons. The van der Waals surface area contributed by atoms with E-state index in [9.17, 15) is 9.59 Å². The molecule has 3 N–H and O–H groups in total. The van der Waals surface area contributed by atoms with Crippen LogP contribution in [0.3, 0.4) is 0 Å². The molecule has 3 aromatic heterocycles. The fraction of sp³-hybridized carbons (Fsp3) is 0.429. The van der Waals surface area contributed by atoms with Gasteiger partial charge in [0.1, 0.15) is 0 Å². The number of aromatic nitrogens is 2. The lowest BCUT2D eigenvalue weighted by Crippen LogP contribution is -2.39. The van der Waals surface area contributed by atoms with E-state index >= 15 is 0 Å². The van der Waals surface area contributed by atoms with Crippen molar-refractivity contribution in [3.8, 4) is 0 Å². The van der Waals surface area contributed by atoms with Crippen molar-refractivity contribution < 1.29 is 9.53 Å². The van der Waals surface area contributed by atoms with E-state index in [0.29, 0.717) is 24.3 Å². The normalized spacial score (nSPS) is 15.1. The number of nitrogens with one attached hydrogen (secondary N) is 3. The highest BCUT2D eigenvalue weighted by atomic mass is 16.5. The van der Waals surface area contributed by atoms with E-state index in [2.05, 4.69) is 50.7 Å². The smallest absolute Gasteiger partial charge is 0.253 e. The summed E-state index contributed by atoms with van der Waals surface area (Å²) in [5, 5.41) is 6.28. The van der Waals surface area contributed by atoms with Crippen LogP contribution < -0.4 is 16.2 Å². The minimum Gasteiger partial charge on any atom is -0.385 e. The number of aromatic amines is 1. The number of ether oxygens (including phenoxy) is 1. The predicted molar refractivity (Wildman–Crippen MR) is 143 cm³/mol. The molecule has 1 aliphatic rings. The minimum atomic E-state index is -0.196. The summed E-state index contributed by atoms with van der Waals surface area (Å²) < 4.78 is 7.75. The van der Waals surface area contributed by atoms with Crippen molar-refractivity contribution >= 4 is 17.1 Å². The number of pyridine rings is 2. The second-order valence-electron chi connectivity index (χ2n) is 9.55. The van der Waals surface area contributed by atoms with E-state index in [1.807, 2.05) is 39.8 Å². The summed E-state index contributed by atoms with van der Waals surface area (Å²) >= 11 is 0.